The fourth-order valence-electron chi connectivity index (χ4n) is 0.968. The van der Waals surface area contributed by atoms with E-state index in [9.17, 15) is 10.1 Å². The van der Waals surface area contributed by atoms with E-state index in [-0.39, 0.29) is 5.03 Å². The molecule has 0 aliphatic heterocycles. The van der Waals surface area contributed by atoms with Crippen molar-refractivity contribution in [3.63, 3.8) is 0 Å². The Morgan fingerprint density at radius 1 is 1.69 bits per heavy atom. The molecule has 0 aromatic rings. The zero-order valence-electron chi connectivity index (χ0n) is 6.63. The lowest BCUT2D eigenvalue weighted by Gasteiger charge is -2.21. The summed E-state index contributed by atoms with van der Waals surface area (Å²) in [5, 5.41) is 10.2. The maximum atomic E-state index is 10.6. The summed E-state index contributed by atoms with van der Waals surface area (Å²) in [4.78, 5) is 8.11. The third-order valence-electron chi connectivity index (χ3n) is 1.82. The van der Waals surface area contributed by atoms with Crippen molar-refractivity contribution in [2.75, 3.05) is 0 Å². The van der Waals surface area contributed by atoms with E-state index in [0.717, 1.165) is 0 Å². The van der Waals surface area contributed by atoms with Gasteiger partial charge >= 0.3 is 5.00 Å². The Morgan fingerprint density at radius 3 is 2.69 bits per heavy atom. The molecule has 3 nitrogen and oxygen atoms in total. The summed E-state index contributed by atoms with van der Waals surface area (Å²) in [6.45, 7) is 1.62. The number of nitrogens with zero attached hydrogens (tertiary/aromatic N) is 1. The van der Waals surface area contributed by atoms with E-state index in [2.05, 4.69) is 0 Å². The quantitative estimate of drug-likeness (QED) is 0.233. The number of hydrogen-bond acceptors (Lipinski definition) is 2. The summed E-state index contributed by atoms with van der Waals surface area (Å²) in [5.74, 6) is 0. The molecule has 0 heterocycles. The Bertz CT molecular complexity index is 313. The highest BCUT2D eigenvalue weighted by Gasteiger charge is 2.45. The predicted octanol–water partition coefficient (Wildman–Crippen LogP) is 2.89. The first kappa shape index (κ1) is 10.8. The molecule has 0 fully saturated rings. The van der Waals surface area contributed by atoms with Gasteiger partial charge in [-0.25, -0.2) is 0 Å². The highest BCUT2D eigenvalue weighted by atomic mass is 35.5. The molecule has 0 bridgehead atoms. The number of halogens is 3. The van der Waals surface area contributed by atoms with E-state index < -0.39 is 15.3 Å². The first-order valence-electron chi connectivity index (χ1n) is 3.43. The Kier molecular flexibility index (Phi) is 2.90. The fourth-order valence-corrected chi connectivity index (χ4v) is 1.68. The van der Waals surface area contributed by atoms with Gasteiger partial charge in [-0.1, -0.05) is 17.7 Å². The molecule has 13 heavy (non-hydrogen) atoms. The van der Waals surface area contributed by atoms with Crippen LogP contribution in [0.2, 0.25) is 0 Å². The van der Waals surface area contributed by atoms with E-state index in [0.29, 0.717) is 5.57 Å². The largest absolute Gasteiger partial charge is 0.349 e. The lowest BCUT2D eigenvalue weighted by molar-refractivity contribution is -0.515. The highest BCUT2D eigenvalue weighted by Crippen LogP contribution is 2.38. The molecule has 0 amide bonds. The van der Waals surface area contributed by atoms with Crippen molar-refractivity contribution in [2.45, 2.75) is 17.3 Å². The third-order valence-corrected chi connectivity index (χ3v) is 3.43. The van der Waals surface area contributed by atoms with E-state index >= 15 is 0 Å². The van der Waals surface area contributed by atoms with E-state index in [4.69, 9.17) is 34.8 Å². The molecule has 0 radical (unpaired) electrons. The van der Waals surface area contributed by atoms with Crippen LogP contribution in [-0.4, -0.2) is 15.3 Å². The maximum absolute atomic E-state index is 10.6. The molecule has 2 atom stereocenters. The molecule has 0 spiro atoms. The normalized spacial score (nSPS) is 33.7. The first-order valence-corrected chi connectivity index (χ1v) is 4.62. The molecule has 1 aliphatic carbocycles. The topological polar surface area (TPSA) is 43.1 Å². The van der Waals surface area contributed by atoms with Gasteiger partial charge < -0.3 is 0 Å². The number of allylic oxidation sites excluding steroid dienone is 2. The lowest BCUT2D eigenvalue weighted by atomic mass is 10.0. The summed E-state index contributed by atoms with van der Waals surface area (Å²) in [5.41, 5.74) is 0.512. The second-order valence-corrected chi connectivity index (χ2v) is 4.11. The van der Waals surface area contributed by atoms with Crippen LogP contribution < -0.4 is 0 Å². The van der Waals surface area contributed by atoms with Gasteiger partial charge in [0.05, 0.1) is 10.3 Å². The van der Waals surface area contributed by atoms with Gasteiger partial charge in [0.1, 0.15) is 5.03 Å². The van der Waals surface area contributed by atoms with Crippen LogP contribution in [0, 0.1) is 10.1 Å². The molecule has 0 N–H and O–H groups in total. The summed E-state index contributed by atoms with van der Waals surface area (Å²) in [6, 6.07) is 0. The van der Waals surface area contributed by atoms with Gasteiger partial charge in [0, 0.05) is 6.08 Å². The number of alkyl halides is 2. The van der Waals surface area contributed by atoms with Crippen molar-refractivity contribution < 1.29 is 4.92 Å². The zero-order chi connectivity index (χ0) is 10.2. The maximum Gasteiger partial charge on any atom is 0.349 e. The molecule has 1 aliphatic rings. The minimum absolute atomic E-state index is 0.0262. The van der Waals surface area contributed by atoms with Gasteiger partial charge in [0.15, 0.2) is 0 Å². The Balaban J connectivity index is 3.18. The van der Waals surface area contributed by atoms with Crippen molar-refractivity contribution in [1.82, 2.24) is 0 Å². The molecule has 0 saturated carbocycles. The number of hydrogen-bond donors (Lipinski definition) is 0. The second kappa shape index (κ2) is 3.48. The van der Waals surface area contributed by atoms with E-state index in [1.807, 2.05) is 0 Å². The summed E-state index contributed by atoms with van der Waals surface area (Å²) in [6.07, 6.45) is 2.65. The number of rotatable bonds is 1. The average molecular weight is 242 g/mol. The lowest BCUT2D eigenvalue weighted by Crippen LogP contribution is -2.33. The average Bonchev–Trinajstić information content (AvgIpc) is 2.08. The standard InChI is InChI=1S/C7H6Cl3NO2/c1-4-5(8)2-3-7(10,6(4)9)11(12)13/h2-3,5H,1H3. The monoisotopic (exact) mass is 241 g/mol. The first-order chi connectivity index (χ1) is 5.89. The molecular formula is C7H6Cl3NO2. The van der Waals surface area contributed by atoms with E-state index in [1.54, 1.807) is 6.92 Å². The Morgan fingerprint density at radius 2 is 2.23 bits per heavy atom. The van der Waals surface area contributed by atoms with Gasteiger partial charge in [-0.05, 0) is 24.1 Å². The van der Waals surface area contributed by atoms with Crippen molar-refractivity contribution in [1.29, 1.82) is 0 Å². The molecule has 0 aromatic carbocycles. The van der Waals surface area contributed by atoms with Gasteiger partial charge in [-0.2, -0.15) is 0 Å². The van der Waals surface area contributed by atoms with Gasteiger partial charge in [-0.15, -0.1) is 11.6 Å². The van der Waals surface area contributed by atoms with Crippen LogP contribution in [-0.2, 0) is 0 Å². The minimum Gasteiger partial charge on any atom is -0.262 e. The third kappa shape index (κ3) is 1.68. The Labute approximate surface area is 90.1 Å². The van der Waals surface area contributed by atoms with Crippen LogP contribution in [0.15, 0.2) is 22.8 Å². The SMILES string of the molecule is CC1=C(Cl)C(Cl)([N+](=O)[O-])C=CC1Cl. The smallest absolute Gasteiger partial charge is 0.262 e. The molecule has 0 aromatic heterocycles. The molecule has 2 unspecified atom stereocenters. The van der Waals surface area contributed by atoms with Crippen LogP contribution in [0.1, 0.15) is 6.92 Å². The molecule has 6 heteroatoms. The summed E-state index contributed by atoms with van der Waals surface area (Å²) >= 11 is 17.2. The van der Waals surface area contributed by atoms with E-state index in [1.165, 1.54) is 12.2 Å². The van der Waals surface area contributed by atoms with Crippen molar-refractivity contribution in [2.24, 2.45) is 0 Å². The molecule has 72 valence electrons. The van der Waals surface area contributed by atoms with Crippen LogP contribution in [0.5, 0.6) is 0 Å². The van der Waals surface area contributed by atoms with Crippen LogP contribution in [0.25, 0.3) is 0 Å². The summed E-state index contributed by atoms with van der Waals surface area (Å²) in [7, 11) is 0. The highest BCUT2D eigenvalue weighted by molar-refractivity contribution is 6.41. The second-order valence-electron chi connectivity index (χ2n) is 2.69. The minimum atomic E-state index is -1.84. The molecule has 0 saturated heterocycles. The summed E-state index contributed by atoms with van der Waals surface area (Å²) < 4.78 is 0. The van der Waals surface area contributed by atoms with Crippen molar-refractivity contribution in [3.8, 4) is 0 Å². The predicted molar refractivity (Wildman–Crippen MR) is 52.9 cm³/mol. The fraction of sp³-hybridized carbons (Fsp3) is 0.429. The Hall–Kier alpha value is -0.250. The van der Waals surface area contributed by atoms with Crippen LogP contribution in [0.3, 0.4) is 0 Å². The van der Waals surface area contributed by atoms with Crippen molar-refractivity contribution >= 4 is 34.8 Å². The molecule has 1 rings (SSSR count). The molecular weight excluding hydrogens is 236 g/mol. The van der Waals surface area contributed by atoms with Crippen LogP contribution in [0.4, 0.5) is 0 Å². The van der Waals surface area contributed by atoms with Crippen LogP contribution >= 0.6 is 34.8 Å². The zero-order valence-corrected chi connectivity index (χ0v) is 8.90. The van der Waals surface area contributed by atoms with Crippen molar-refractivity contribution in [3.05, 3.63) is 32.9 Å². The van der Waals surface area contributed by atoms with Gasteiger partial charge in [0.25, 0.3) is 0 Å². The number of nitro groups is 1. The van der Waals surface area contributed by atoms with Gasteiger partial charge in [0.2, 0.25) is 0 Å². The van der Waals surface area contributed by atoms with Gasteiger partial charge in [-0.3, -0.25) is 10.1 Å².